The van der Waals surface area contributed by atoms with E-state index in [4.69, 9.17) is 28.8 Å². The molecule has 0 saturated heterocycles. The standard InChI is InChI=1S/C38H62N3O8P/c1-24(2)47-50(44,48-25(3)4)49-28-10-12-29-26(22-28)8-11-31-30(29)16-18-38(5)33(31)13-15-35(38)46-21-17-36(42)40-19-7-20-41-37(43)32-23-27(39)9-14-34(32)45-6/h10,12,22,24-25,27,30-35H,7-9,11,13-21,23,39H2,1-6H3,(H,40,42)(H,41,43). The van der Waals surface area contributed by atoms with E-state index in [-0.39, 0.29) is 53.6 Å². The average molecular weight is 720 g/mol. The summed E-state index contributed by atoms with van der Waals surface area (Å²) in [5, 5.41) is 5.97. The first kappa shape index (κ1) is 39.2. The lowest BCUT2D eigenvalue weighted by Crippen LogP contribution is -2.46. The number of benzene rings is 1. The molecule has 3 fully saturated rings. The first-order valence-corrected chi connectivity index (χ1v) is 20.5. The van der Waals surface area contributed by atoms with E-state index in [0.717, 1.165) is 51.4 Å². The molecular formula is C38H62N3O8P. The number of phosphoric acid groups is 1. The molecule has 1 aromatic carbocycles. The van der Waals surface area contributed by atoms with Gasteiger partial charge in [0.05, 0.1) is 36.9 Å². The van der Waals surface area contributed by atoms with Crippen molar-refractivity contribution in [3.8, 4) is 5.75 Å². The minimum absolute atomic E-state index is 0.0153. The van der Waals surface area contributed by atoms with Crippen LogP contribution in [0.2, 0.25) is 0 Å². The van der Waals surface area contributed by atoms with E-state index >= 15 is 0 Å². The molecule has 5 rings (SSSR count). The van der Waals surface area contributed by atoms with E-state index in [2.05, 4.69) is 23.6 Å². The van der Waals surface area contributed by atoms with Crippen molar-refractivity contribution in [2.45, 2.75) is 142 Å². The van der Waals surface area contributed by atoms with Gasteiger partial charge in [-0.15, -0.1) is 0 Å². The van der Waals surface area contributed by atoms with Crippen LogP contribution < -0.4 is 20.9 Å². The number of nitrogens with one attached hydrogen (secondary N) is 2. The average Bonchev–Trinajstić information content (AvgIpc) is 3.39. The minimum atomic E-state index is -3.75. The van der Waals surface area contributed by atoms with Gasteiger partial charge in [0.2, 0.25) is 11.8 Å². The number of amides is 2. The molecule has 1 aromatic rings. The molecule has 11 nitrogen and oxygen atoms in total. The first-order valence-electron chi connectivity index (χ1n) is 19.1. The van der Waals surface area contributed by atoms with Crippen molar-refractivity contribution in [1.29, 1.82) is 0 Å². The van der Waals surface area contributed by atoms with Gasteiger partial charge in [0.15, 0.2) is 0 Å². The zero-order valence-electron chi connectivity index (χ0n) is 31.1. The molecule has 12 heteroatoms. The fourth-order valence-corrected chi connectivity index (χ4v) is 10.9. The van der Waals surface area contributed by atoms with Crippen LogP contribution in [-0.4, -0.2) is 69.1 Å². The highest BCUT2D eigenvalue weighted by atomic mass is 31.2. The second-order valence-electron chi connectivity index (χ2n) is 15.8. The minimum Gasteiger partial charge on any atom is -0.404 e. The Bertz CT molecular complexity index is 1350. The molecule has 0 radical (unpaired) electrons. The van der Waals surface area contributed by atoms with Crippen molar-refractivity contribution in [1.82, 2.24) is 10.6 Å². The van der Waals surface area contributed by atoms with Crippen LogP contribution in [0.25, 0.3) is 0 Å². The van der Waals surface area contributed by atoms with E-state index in [1.54, 1.807) is 7.11 Å². The Morgan fingerprint density at radius 3 is 2.46 bits per heavy atom. The van der Waals surface area contributed by atoms with Crippen molar-refractivity contribution >= 4 is 19.6 Å². The number of hydrogen-bond donors (Lipinski definition) is 3. The van der Waals surface area contributed by atoms with Gasteiger partial charge in [-0.3, -0.25) is 18.6 Å². The van der Waals surface area contributed by atoms with Gasteiger partial charge in [0.1, 0.15) is 5.75 Å². The predicted molar refractivity (Wildman–Crippen MR) is 193 cm³/mol. The van der Waals surface area contributed by atoms with Crippen LogP contribution in [-0.2, 0) is 39.1 Å². The summed E-state index contributed by atoms with van der Waals surface area (Å²) in [7, 11) is -2.10. The Morgan fingerprint density at radius 2 is 1.74 bits per heavy atom. The number of carbonyl (C=O) groups is 2. The molecule has 3 saturated carbocycles. The van der Waals surface area contributed by atoms with Crippen LogP contribution in [0.5, 0.6) is 5.75 Å². The predicted octanol–water partition coefficient (Wildman–Crippen LogP) is 6.42. The third kappa shape index (κ3) is 9.50. The lowest BCUT2D eigenvalue weighted by atomic mass is 9.55. The van der Waals surface area contributed by atoms with Crippen molar-refractivity contribution in [2.24, 2.45) is 28.9 Å². The number of hydrogen-bond acceptors (Lipinski definition) is 9. The largest absolute Gasteiger partial charge is 0.530 e. The van der Waals surface area contributed by atoms with Crippen LogP contribution in [0.3, 0.4) is 0 Å². The molecule has 4 N–H and O–H groups in total. The third-order valence-corrected chi connectivity index (χ3v) is 13.4. The molecule has 0 spiro atoms. The maximum Gasteiger partial charge on any atom is 0.530 e. The van der Waals surface area contributed by atoms with Crippen LogP contribution in [0, 0.1) is 23.2 Å². The highest BCUT2D eigenvalue weighted by Gasteiger charge is 2.55. The van der Waals surface area contributed by atoms with Gasteiger partial charge in [0.25, 0.3) is 0 Å². The van der Waals surface area contributed by atoms with Crippen LogP contribution in [0.1, 0.15) is 116 Å². The normalized spacial score (nSPS) is 30.8. The third-order valence-electron chi connectivity index (χ3n) is 11.6. The maximum atomic E-state index is 13.3. The molecule has 0 heterocycles. The molecule has 8 unspecified atom stereocenters. The van der Waals surface area contributed by atoms with Gasteiger partial charge in [0, 0.05) is 32.7 Å². The maximum absolute atomic E-state index is 13.3. The van der Waals surface area contributed by atoms with E-state index in [9.17, 15) is 14.2 Å². The number of fused-ring (bicyclic) bond motifs is 5. The Morgan fingerprint density at radius 1 is 1.00 bits per heavy atom. The zero-order valence-corrected chi connectivity index (χ0v) is 32.0. The van der Waals surface area contributed by atoms with Crippen LogP contribution in [0.15, 0.2) is 18.2 Å². The van der Waals surface area contributed by atoms with E-state index < -0.39 is 7.82 Å². The van der Waals surface area contributed by atoms with Crippen LogP contribution >= 0.6 is 7.82 Å². The van der Waals surface area contributed by atoms with Gasteiger partial charge < -0.3 is 30.4 Å². The van der Waals surface area contributed by atoms with Crippen molar-refractivity contribution < 1.29 is 37.2 Å². The molecule has 0 bridgehead atoms. The topological polar surface area (TPSA) is 147 Å². The smallest absolute Gasteiger partial charge is 0.404 e. The van der Waals surface area contributed by atoms with Gasteiger partial charge in [-0.1, -0.05) is 13.0 Å². The van der Waals surface area contributed by atoms with E-state index in [1.807, 2.05) is 39.8 Å². The summed E-state index contributed by atoms with van der Waals surface area (Å²) in [6.07, 6.45) is 9.26. The monoisotopic (exact) mass is 719 g/mol. The Kier molecular flexibility index (Phi) is 13.5. The quantitative estimate of drug-likeness (QED) is 0.130. The summed E-state index contributed by atoms with van der Waals surface area (Å²) in [6.45, 7) is 11.1. The molecule has 4 aliphatic rings. The van der Waals surface area contributed by atoms with Gasteiger partial charge in [-0.05, 0) is 138 Å². The molecule has 282 valence electrons. The summed E-state index contributed by atoms with van der Waals surface area (Å²) in [4.78, 5) is 25.3. The molecule has 2 amide bonds. The van der Waals surface area contributed by atoms with Gasteiger partial charge in [-0.25, -0.2) is 4.57 Å². The van der Waals surface area contributed by atoms with Crippen molar-refractivity contribution in [3.05, 3.63) is 29.3 Å². The second-order valence-corrected chi connectivity index (χ2v) is 17.3. The number of ether oxygens (including phenoxy) is 2. The fourth-order valence-electron chi connectivity index (χ4n) is 9.33. The van der Waals surface area contributed by atoms with Gasteiger partial charge >= 0.3 is 7.82 Å². The van der Waals surface area contributed by atoms with Crippen molar-refractivity contribution in [3.63, 3.8) is 0 Å². The summed E-state index contributed by atoms with van der Waals surface area (Å²) < 4.78 is 42.4. The summed E-state index contributed by atoms with van der Waals surface area (Å²) in [5.74, 6) is 1.95. The summed E-state index contributed by atoms with van der Waals surface area (Å²) in [5.41, 5.74) is 8.84. The number of rotatable bonds is 16. The van der Waals surface area contributed by atoms with E-state index in [1.165, 1.54) is 11.1 Å². The molecule has 0 aromatic heterocycles. The first-order chi connectivity index (χ1) is 23.8. The molecular weight excluding hydrogens is 657 g/mol. The van der Waals surface area contributed by atoms with E-state index in [0.29, 0.717) is 62.5 Å². The number of nitrogens with two attached hydrogens (primary N) is 1. The van der Waals surface area contributed by atoms with Gasteiger partial charge in [-0.2, -0.15) is 0 Å². The number of phosphoric ester groups is 1. The SMILES string of the molecule is COC1CCC(N)CC1C(=O)NCCCNC(=O)CCOC1CCC2C3CCc4cc(OP(=O)(OC(C)C)OC(C)C)ccc4C3CCC12C. The molecule has 4 aliphatic carbocycles. The highest BCUT2D eigenvalue weighted by molar-refractivity contribution is 7.49. The number of carbonyl (C=O) groups excluding carboxylic acids is 2. The summed E-state index contributed by atoms with van der Waals surface area (Å²) >= 11 is 0. The zero-order chi connectivity index (χ0) is 36.1. The highest BCUT2D eigenvalue weighted by Crippen LogP contribution is 2.62. The fraction of sp³-hybridized carbons (Fsp3) is 0.789. The van der Waals surface area contributed by atoms with Crippen LogP contribution in [0.4, 0.5) is 0 Å². The molecule has 8 atom stereocenters. The lowest BCUT2D eigenvalue weighted by Gasteiger charge is -2.50. The van der Waals surface area contributed by atoms with Crippen molar-refractivity contribution in [2.75, 3.05) is 26.8 Å². The molecule has 0 aliphatic heterocycles. The second kappa shape index (κ2) is 17.2. The Labute approximate surface area is 299 Å². The molecule has 50 heavy (non-hydrogen) atoms. The lowest BCUT2D eigenvalue weighted by molar-refractivity contribution is -0.131. The number of methoxy groups -OCH3 is 1. The summed E-state index contributed by atoms with van der Waals surface area (Å²) in [6, 6.07) is 6.16. The number of aryl methyl sites for hydroxylation is 1. The Hall–Kier alpha value is -2.01. The Balaban J connectivity index is 1.05.